The molecule has 3 rings (SSSR count). The van der Waals surface area contributed by atoms with E-state index in [1.807, 2.05) is 29.0 Å². The summed E-state index contributed by atoms with van der Waals surface area (Å²) in [5, 5.41) is 4.03. The van der Waals surface area contributed by atoms with Crippen molar-refractivity contribution in [2.75, 3.05) is 12.3 Å². The fourth-order valence-electron chi connectivity index (χ4n) is 2.82. The van der Waals surface area contributed by atoms with E-state index in [1.54, 1.807) is 27.8 Å². The minimum Gasteiger partial charge on any atom is -0.398 e. The number of nitrogens with zero attached hydrogens (tertiary/aromatic N) is 1. The highest BCUT2D eigenvalue weighted by Gasteiger charge is 2.35. The number of hydrogen-bond acceptors (Lipinski definition) is 4. The summed E-state index contributed by atoms with van der Waals surface area (Å²) in [5.41, 5.74) is 8.18. The lowest BCUT2D eigenvalue weighted by molar-refractivity contribution is 0.397. The van der Waals surface area contributed by atoms with Crippen molar-refractivity contribution in [3.8, 4) is 0 Å². The van der Waals surface area contributed by atoms with Gasteiger partial charge >= 0.3 is 0 Å². The van der Waals surface area contributed by atoms with E-state index in [0.29, 0.717) is 17.8 Å². The Morgan fingerprint density at radius 3 is 2.81 bits per heavy atom. The van der Waals surface area contributed by atoms with Gasteiger partial charge in [0.2, 0.25) is 10.0 Å². The average Bonchev–Trinajstić information content (AvgIpc) is 3.11. The zero-order valence-electron chi connectivity index (χ0n) is 11.6. The van der Waals surface area contributed by atoms with E-state index >= 15 is 0 Å². The van der Waals surface area contributed by atoms with Crippen LogP contribution in [0.3, 0.4) is 0 Å². The Hall–Kier alpha value is -1.37. The van der Waals surface area contributed by atoms with Crippen LogP contribution in [0.4, 0.5) is 5.69 Å². The van der Waals surface area contributed by atoms with Crippen molar-refractivity contribution in [3.05, 3.63) is 52.2 Å². The zero-order chi connectivity index (χ0) is 14.9. The Morgan fingerprint density at radius 1 is 1.29 bits per heavy atom. The van der Waals surface area contributed by atoms with Crippen LogP contribution in [-0.2, 0) is 15.8 Å². The van der Waals surface area contributed by atoms with E-state index in [9.17, 15) is 8.42 Å². The van der Waals surface area contributed by atoms with Crippen LogP contribution in [0.5, 0.6) is 0 Å². The highest BCUT2D eigenvalue weighted by molar-refractivity contribution is 7.88. The first-order valence-electron chi connectivity index (χ1n) is 6.93. The molecule has 1 atom stereocenters. The van der Waals surface area contributed by atoms with E-state index in [1.165, 1.54) is 0 Å². The normalized spacial score (nSPS) is 19.9. The highest BCUT2D eigenvalue weighted by Crippen LogP contribution is 2.36. The summed E-state index contributed by atoms with van der Waals surface area (Å²) in [5.74, 6) is -0.0275. The number of nitrogens with two attached hydrogens (primary N) is 1. The van der Waals surface area contributed by atoms with Crippen molar-refractivity contribution < 1.29 is 8.42 Å². The molecule has 2 aromatic rings. The Balaban J connectivity index is 1.86. The van der Waals surface area contributed by atoms with Crippen LogP contribution < -0.4 is 5.73 Å². The van der Waals surface area contributed by atoms with Gasteiger partial charge in [-0.15, -0.1) is 0 Å². The predicted octanol–water partition coefficient (Wildman–Crippen LogP) is 3.00. The smallest absolute Gasteiger partial charge is 0.218 e. The van der Waals surface area contributed by atoms with Crippen LogP contribution in [0.15, 0.2) is 41.1 Å². The van der Waals surface area contributed by atoms with Gasteiger partial charge in [0.25, 0.3) is 0 Å². The molecule has 112 valence electrons. The second-order valence-corrected chi connectivity index (χ2v) is 7.98. The molecule has 2 N–H and O–H groups in total. The largest absolute Gasteiger partial charge is 0.398 e. The summed E-state index contributed by atoms with van der Waals surface area (Å²) >= 11 is 1.60. The molecule has 0 radical (unpaired) electrons. The monoisotopic (exact) mass is 322 g/mol. The summed E-state index contributed by atoms with van der Waals surface area (Å²) in [4.78, 5) is 0. The van der Waals surface area contributed by atoms with Crippen LogP contribution in [0.1, 0.15) is 30.0 Å². The van der Waals surface area contributed by atoms with Crippen LogP contribution in [0, 0.1) is 0 Å². The Labute approximate surface area is 129 Å². The predicted molar refractivity (Wildman–Crippen MR) is 86.5 cm³/mol. The van der Waals surface area contributed by atoms with Gasteiger partial charge in [-0.05, 0) is 46.9 Å². The molecule has 21 heavy (non-hydrogen) atoms. The number of sulfonamides is 1. The van der Waals surface area contributed by atoms with Crippen LogP contribution >= 0.6 is 11.3 Å². The van der Waals surface area contributed by atoms with Gasteiger partial charge in [0.15, 0.2) is 0 Å². The first-order valence-corrected chi connectivity index (χ1v) is 9.48. The van der Waals surface area contributed by atoms with Crippen LogP contribution in [0.2, 0.25) is 0 Å². The van der Waals surface area contributed by atoms with Gasteiger partial charge in [-0.1, -0.05) is 18.2 Å². The SMILES string of the molecule is Nc1ccccc1CS(=O)(=O)N1CCCC1c1ccsc1. The molecule has 6 heteroatoms. The van der Waals surface area contributed by atoms with E-state index in [-0.39, 0.29) is 11.8 Å². The quantitative estimate of drug-likeness (QED) is 0.880. The molecular weight excluding hydrogens is 304 g/mol. The second kappa shape index (κ2) is 5.79. The summed E-state index contributed by atoms with van der Waals surface area (Å²) < 4.78 is 27.1. The maximum Gasteiger partial charge on any atom is 0.218 e. The lowest BCUT2D eigenvalue weighted by atomic mass is 10.1. The Bertz CT molecular complexity index is 711. The minimum absolute atomic E-state index is 0.0220. The third-order valence-corrected chi connectivity index (χ3v) is 6.41. The van der Waals surface area contributed by atoms with Gasteiger partial charge in [-0.3, -0.25) is 0 Å². The summed E-state index contributed by atoms with van der Waals surface area (Å²) in [6, 6.07) is 9.15. The number of para-hydroxylation sites is 1. The molecule has 0 amide bonds. The van der Waals surface area contributed by atoms with Gasteiger partial charge < -0.3 is 5.73 Å². The molecule has 1 aliphatic heterocycles. The van der Waals surface area contributed by atoms with Crippen molar-refractivity contribution in [3.63, 3.8) is 0 Å². The van der Waals surface area contributed by atoms with Gasteiger partial charge in [-0.2, -0.15) is 15.6 Å². The maximum atomic E-state index is 12.7. The van der Waals surface area contributed by atoms with Gasteiger partial charge in [-0.25, -0.2) is 8.42 Å². The zero-order valence-corrected chi connectivity index (χ0v) is 13.2. The molecule has 1 aromatic heterocycles. The number of nitrogen functional groups attached to an aromatic ring is 1. The molecule has 0 bridgehead atoms. The first-order chi connectivity index (χ1) is 10.1. The van der Waals surface area contributed by atoms with Crippen molar-refractivity contribution in [2.24, 2.45) is 0 Å². The van der Waals surface area contributed by atoms with Gasteiger partial charge in [0, 0.05) is 12.2 Å². The van der Waals surface area contributed by atoms with Crippen LogP contribution in [0.25, 0.3) is 0 Å². The minimum atomic E-state index is -3.35. The molecule has 4 nitrogen and oxygen atoms in total. The van der Waals surface area contributed by atoms with Crippen molar-refractivity contribution >= 4 is 27.0 Å². The third kappa shape index (κ3) is 2.97. The van der Waals surface area contributed by atoms with Crippen molar-refractivity contribution in [1.82, 2.24) is 4.31 Å². The molecule has 2 heterocycles. The number of anilines is 1. The Morgan fingerprint density at radius 2 is 2.10 bits per heavy atom. The molecule has 1 aliphatic rings. The number of rotatable bonds is 4. The standard InChI is InChI=1S/C15H18N2O2S2/c16-14-5-2-1-4-13(14)11-21(18,19)17-8-3-6-15(17)12-7-9-20-10-12/h1-2,4-5,7,9-10,15H,3,6,8,11,16H2. The molecule has 0 aliphatic carbocycles. The molecule has 1 unspecified atom stereocenters. The van der Waals surface area contributed by atoms with Gasteiger partial charge in [0.05, 0.1) is 11.8 Å². The molecule has 1 aromatic carbocycles. The Kier molecular flexibility index (Phi) is 4.01. The molecular formula is C15H18N2O2S2. The summed E-state index contributed by atoms with van der Waals surface area (Å²) in [6.07, 6.45) is 1.80. The second-order valence-electron chi connectivity index (χ2n) is 5.28. The highest BCUT2D eigenvalue weighted by atomic mass is 32.2. The maximum absolute atomic E-state index is 12.7. The third-order valence-electron chi connectivity index (χ3n) is 3.88. The fraction of sp³-hybridized carbons (Fsp3) is 0.333. The van der Waals surface area contributed by atoms with Crippen molar-refractivity contribution in [2.45, 2.75) is 24.6 Å². The van der Waals surface area contributed by atoms with E-state index < -0.39 is 10.0 Å². The lowest BCUT2D eigenvalue weighted by Crippen LogP contribution is -2.31. The molecule has 0 spiro atoms. The molecule has 1 saturated heterocycles. The van der Waals surface area contributed by atoms with E-state index in [2.05, 4.69) is 0 Å². The average molecular weight is 322 g/mol. The first kappa shape index (κ1) is 14.6. The van der Waals surface area contributed by atoms with E-state index in [0.717, 1.165) is 18.4 Å². The topological polar surface area (TPSA) is 63.4 Å². The molecule has 0 saturated carbocycles. The number of thiophene rings is 1. The van der Waals surface area contributed by atoms with E-state index in [4.69, 9.17) is 5.73 Å². The summed E-state index contributed by atoms with van der Waals surface area (Å²) in [7, 11) is -3.35. The summed E-state index contributed by atoms with van der Waals surface area (Å²) in [6.45, 7) is 0.593. The van der Waals surface area contributed by atoms with Crippen molar-refractivity contribution in [1.29, 1.82) is 0 Å². The number of benzene rings is 1. The fourth-order valence-corrected chi connectivity index (χ4v) is 5.37. The number of hydrogen-bond donors (Lipinski definition) is 1. The van der Waals surface area contributed by atoms with Crippen LogP contribution in [-0.4, -0.2) is 19.3 Å². The lowest BCUT2D eigenvalue weighted by Gasteiger charge is -2.24. The van der Waals surface area contributed by atoms with Gasteiger partial charge in [0.1, 0.15) is 0 Å². The molecule has 1 fully saturated rings.